The molecule has 0 heterocycles. The molecule has 0 unspecified atom stereocenters. The maximum atomic E-state index is 5.88. The second kappa shape index (κ2) is 4.54. The van der Waals surface area contributed by atoms with E-state index >= 15 is 0 Å². The Labute approximate surface area is 88.4 Å². The molecule has 0 fully saturated rings. The molecule has 1 rings (SSSR count). The highest BCUT2D eigenvalue weighted by molar-refractivity contribution is 6.42. The van der Waals surface area contributed by atoms with Crippen LogP contribution in [0.15, 0.2) is 18.2 Å². The molecule has 0 aliphatic rings. The number of halogens is 2. The fourth-order valence-electron chi connectivity index (χ4n) is 1.10. The summed E-state index contributed by atoms with van der Waals surface area (Å²) in [5.74, 6) is 0. The number of hydrogen-bond acceptors (Lipinski definition) is 1. The van der Waals surface area contributed by atoms with Gasteiger partial charge in [0.2, 0.25) is 0 Å². The molecule has 3 heteroatoms. The van der Waals surface area contributed by atoms with Gasteiger partial charge in [-0.2, -0.15) is 0 Å². The van der Waals surface area contributed by atoms with E-state index in [0.717, 1.165) is 11.3 Å². The number of rotatable bonds is 2. The first-order chi connectivity index (χ1) is 6.19. The second-order valence-corrected chi connectivity index (χ2v) is 3.42. The van der Waals surface area contributed by atoms with Crippen LogP contribution in [0.3, 0.4) is 0 Å². The number of hydrogen-bond donors (Lipinski definition) is 1. The van der Waals surface area contributed by atoms with Crippen molar-refractivity contribution in [2.75, 3.05) is 12.4 Å². The van der Waals surface area contributed by atoms with Crippen LogP contribution in [-0.4, -0.2) is 7.05 Å². The molecule has 0 aromatic heterocycles. The third kappa shape index (κ3) is 2.39. The average molecular weight is 216 g/mol. The van der Waals surface area contributed by atoms with Crippen molar-refractivity contribution in [3.63, 3.8) is 0 Å². The summed E-state index contributed by atoms with van der Waals surface area (Å²) in [6, 6.07) is 3.66. The van der Waals surface area contributed by atoms with E-state index in [1.54, 1.807) is 0 Å². The summed E-state index contributed by atoms with van der Waals surface area (Å²) in [4.78, 5) is 0. The molecule has 1 aromatic rings. The molecule has 1 N–H and O–H groups in total. The summed E-state index contributed by atoms with van der Waals surface area (Å²) in [7, 11) is 1.85. The topological polar surface area (TPSA) is 12.0 Å². The number of benzene rings is 1. The Morgan fingerprint density at radius 3 is 2.38 bits per heavy atom. The third-order valence-electron chi connectivity index (χ3n) is 1.71. The summed E-state index contributed by atoms with van der Waals surface area (Å²) >= 11 is 11.8. The van der Waals surface area contributed by atoms with Crippen molar-refractivity contribution in [2.24, 2.45) is 0 Å². The van der Waals surface area contributed by atoms with Crippen molar-refractivity contribution in [2.45, 2.75) is 6.92 Å². The van der Waals surface area contributed by atoms with E-state index in [0.29, 0.717) is 10.0 Å². The first kappa shape index (κ1) is 10.4. The van der Waals surface area contributed by atoms with E-state index in [9.17, 15) is 0 Å². The highest BCUT2D eigenvalue weighted by Gasteiger charge is 2.03. The minimum absolute atomic E-state index is 0.569. The highest BCUT2D eigenvalue weighted by Crippen LogP contribution is 2.29. The summed E-state index contributed by atoms with van der Waals surface area (Å²) in [5.41, 5.74) is 2.02. The van der Waals surface area contributed by atoms with Crippen molar-refractivity contribution in [3.05, 3.63) is 33.8 Å². The van der Waals surface area contributed by atoms with Gasteiger partial charge in [-0.3, -0.25) is 0 Å². The van der Waals surface area contributed by atoms with Crippen LogP contribution >= 0.6 is 23.2 Å². The number of allylic oxidation sites excluding steroid dienone is 1. The lowest BCUT2D eigenvalue weighted by Gasteiger charge is -2.07. The molecule has 70 valence electrons. The van der Waals surface area contributed by atoms with Crippen LogP contribution in [0.5, 0.6) is 0 Å². The molecule has 0 saturated carbocycles. The SMILES string of the molecule is C/C=C\c1cc(Cl)c(Cl)cc1NC. The molecule has 1 nitrogen and oxygen atoms in total. The van der Waals surface area contributed by atoms with Crippen LogP contribution in [-0.2, 0) is 0 Å². The molecule has 0 spiro atoms. The third-order valence-corrected chi connectivity index (χ3v) is 2.43. The van der Waals surface area contributed by atoms with E-state index in [1.165, 1.54) is 0 Å². The lowest BCUT2D eigenvalue weighted by atomic mass is 10.1. The molecule has 1 aromatic carbocycles. The summed E-state index contributed by atoms with van der Waals surface area (Å²) in [6.07, 6.45) is 3.94. The largest absolute Gasteiger partial charge is 0.388 e. The van der Waals surface area contributed by atoms with Crippen LogP contribution in [0.4, 0.5) is 5.69 Å². The van der Waals surface area contributed by atoms with Crippen molar-refractivity contribution in [1.82, 2.24) is 0 Å². The smallest absolute Gasteiger partial charge is 0.0613 e. The Bertz CT molecular complexity index is 332. The fourth-order valence-corrected chi connectivity index (χ4v) is 1.43. The monoisotopic (exact) mass is 215 g/mol. The minimum atomic E-state index is 0.569. The maximum Gasteiger partial charge on any atom is 0.0613 e. The van der Waals surface area contributed by atoms with Gasteiger partial charge in [0, 0.05) is 12.7 Å². The number of nitrogens with one attached hydrogen (secondary N) is 1. The summed E-state index contributed by atoms with van der Waals surface area (Å²) in [6.45, 7) is 1.96. The van der Waals surface area contributed by atoms with E-state index < -0.39 is 0 Å². The van der Waals surface area contributed by atoms with Gasteiger partial charge in [-0.05, 0) is 24.6 Å². The lowest BCUT2D eigenvalue weighted by Crippen LogP contribution is -1.91. The Hall–Kier alpha value is -0.660. The molecule has 0 bridgehead atoms. The van der Waals surface area contributed by atoms with Gasteiger partial charge >= 0.3 is 0 Å². The van der Waals surface area contributed by atoms with Gasteiger partial charge in [-0.1, -0.05) is 35.4 Å². The van der Waals surface area contributed by atoms with Crippen LogP contribution in [0, 0.1) is 0 Å². The molecule has 0 atom stereocenters. The Balaban J connectivity index is 3.24. The van der Waals surface area contributed by atoms with Crippen LogP contribution in [0.1, 0.15) is 12.5 Å². The van der Waals surface area contributed by atoms with Crippen molar-refractivity contribution < 1.29 is 0 Å². The summed E-state index contributed by atoms with van der Waals surface area (Å²) < 4.78 is 0. The van der Waals surface area contributed by atoms with Gasteiger partial charge < -0.3 is 5.32 Å². The fraction of sp³-hybridized carbons (Fsp3) is 0.200. The van der Waals surface area contributed by atoms with E-state index in [2.05, 4.69) is 5.32 Å². The van der Waals surface area contributed by atoms with Gasteiger partial charge in [0.15, 0.2) is 0 Å². The lowest BCUT2D eigenvalue weighted by molar-refractivity contribution is 1.49. The Morgan fingerprint density at radius 1 is 1.23 bits per heavy atom. The van der Waals surface area contributed by atoms with Gasteiger partial charge in [0.25, 0.3) is 0 Å². The second-order valence-electron chi connectivity index (χ2n) is 2.60. The van der Waals surface area contributed by atoms with Gasteiger partial charge in [0.1, 0.15) is 0 Å². The molecule has 0 amide bonds. The van der Waals surface area contributed by atoms with Crippen molar-refractivity contribution >= 4 is 35.0 Å². The molecule has 0 radical (unpaired) electrons. The highest BCUT2D eigenvalue weighted by atomic mass is 35.5. The normalized spacial score (nSPS) is 10.8. The van der Waals surface area contributed by atoms with Crippen molar-refractivity contribution in [3.8, 4) is 0 Å². The van der Waals surface area contributed by atoms with Gasteiger partial charge in [-0.15, -0.1) is 0 Å². The standard InChI is InChI=1S/C10H11Cl2N/c1-3-4-7-5-8(11)9(12)6-10(7)13-2/h3-6,13H,1-2H3/b4-3-. The van der Waals surface area contributed by atoms with E-state index in [1.807, 2.05) is 38.3 Å². The van der Waals surface area contributed by atoms with E-state index in [4.69, 9.17) is 23.2 Å². The molecular weight excluding hydrogens is 205 g/mol. The molecular formula is C10H11Cl2N. The van der Waals surface area contributed by atoms with Crippen LogP contribution in [0.2, 0.25) is 10.0 Å². The quantitative estimate of drug-likeness (QED) is 0.785. The minimum Gasteiger partial charge on any atom is -0.388 e. The zero-order valence-electron chi connectivity index (χ0n) is 7.57. The first-order valence-corrected chi connectivity index (χ1v) is 4.74. The Kier molecular flexibility index (Phi) is 3.64. The van der Waals surface area contributed by atoms with Crippen LogP contribution < -0.4 is 5.32 Å². The predicted molar refractivity (Wildman–Crippen MR) is 60.7 cm³/mol. The number of anilines is 1. The molecule has 0 saturated heterocycles. The molecule has 13 heavy (non-hydrogen) atoms. The zero-order chi connectivity index (χ0) is 9.84. The van der Waals surface area contributed by atoms with E-state index in [-0.39, 0.29) is 0 Å². The molecule has 0 aliphatic carbocycles. The average Bonchev–Trinajstić information content (AvgIpc) is 2.11. The van der Waals surface area contributed by atoms with Gasteiger partial charge in [0.05, 0.1) is 10.0 Å². The Morgan fingerprint density at radius 2 is 1.85 bits per heavy atom. The first-order valence-electron chi connectivity index (χ1n) is 3.98. The van der Waals surface area contributed by atoms with Gasteiger partial charge in [-0.25, -0.2) is 0 Å². The van der Waals surface area contributed by atoms with Crippen LogP contribution in [0.25, 0.3) is 6.08 Å². The summed E-state index contributed by atoms with van der Waals surface area (Å²) in [5, 5.41) is 4.20. The predicted octanol–water partition coefficient (Wildman–Crippen LogP) is 4.07. The zero-order valence-corrected chi connectivity index (χ0v) is 9.08. The van der Waals surface area contributed by atoms with Crippen molar-refractivity contribution in [1.29, 1.82) is 0 Å². The maximum absolute atomic E-state index is 5.88. The molecule has 0 aliphatic heterocycles.